The van der Waals surface area contributed by atoms with E-state index in [4.69, 9.17) is 9.15 Å². The van der Waals surface area contributed by atoms with Crippen molar-refractivity contribution in [1.82, 2.24) is 0 Å². The Labute approximate surface area is 124 Å². The van der Waals surface area contributed by atoms with Crippen LogP contribution in [0.25, 0.3) is 0 Å². The number of benzene rings is 1. The molecule has 0 N–H and O–H groups in total. The smallest absolute Gasteiger partial charge is 0.324 e. The van der Waals surface area contributed by atoms with Crippen LogP contribution in [0.1, 0.15) is 29.7 Å². The Morgan fingerprint density at radius 2 is 2.05 bits per heavy atom. The van der Waals surface area contributed by atoms with E-state index in [9.17, 15) is 10.1 Å². The van der Waals surface area contributed by atoms with E-state index < -0.39 is 17.8 Å². The zero-order valence-corrected chi connectivity index (χ0v) is 12.1. The lowest BCUT2D eigenvalue weighted by Crippen LogP contribution is -2.24. The van der Waals surface area contributed by atoms with E-state index in [-0.39, 0.29) is 6.61 Å². The Kier molecular flexibility index (Phi) is 4.78. The topological polar surface area (TPSA) is 63.2 Å². The fourth-order valence-corrected chi connectivity index (χ4v) is 2.26. The number of hydrogen-bond acceptors (Lipinski definition) is 4. The Hall–Kier alpha value is -2.54. The second-order valence-electron chi connectivity index (χ2n) is 4.76. The van der Waals surface area contributed by atoms with E-state index in [1.165, 1.54) is 6.26 Å². The molecular formula is C17H17NO3. The molecule has 0 saturated heterocycles. The van der Waals surface area contributed by atoms with Gasteiger partial charge in [-0.15, -0.1) is 0 Å². The van der Waals surface area contributed by atoms with Gasteiger partial charge in [-0.25, -0.2) is 0 Å². The summed E-state index contributed by atoms with van der Waals surface area (Å²) in [7, 11) is 0. The van der Waals surface area contributed by atoms with E-state index in [1.807, 2.05) is 31.2 Å². The first kappa shape index (κ1) is 14.9. The molecule has 2 rings (SSSR count). The third-order valence-corrected chi connectivity index (χ3v) is 3.30. The second-order valence-corrected chi connectivity index (χ2v) is 4.76. The highest BCUT2D eigenvalue weighted by atomic mass is 16.5. The number of hydrogen-bond donors (Lipinski definition) is 0. The number of ether oxygens (including phenoxy) is 1. The Bertz CT molecular complexity index is 623. The molecule has 0 aliphatic rings. The van der Waals surface area contributed by atoms with Gasteiger partial charge in [0, 0.05) is 0 Å². The molecule has 0 spiro atoms. The Morgan fingerprint density at radius 1 is 1.33 bits per heavy atom. The summed E-state index contributed by atoms with van der Waals surface area (Å²) in [5, 5.41) is 9.42. The van der Waals surface area contributed by atoms with E-state index in [0.717, 1.165) is 11.1 Å². The number of carbonyl (C=O) groups excluding carboxylic acids is 1. The number of aryl methyl sites for hydroxylation is 1. The Morgan fingerprint density at radius 3 is 2.57 bits per heavy atom. The van der Waals surface area contributed by atoms with Crippen molar-refractivity contribution < 1.29 is 13.9 Å². The fourth-order valence-electron chi connectivity index (χ4n) is 2.26. The molecule has 1 heterocycles. The number of nitriles is 1. The molecule has 1 aromatic carbocycles. The predicted molar refractivity (Wildman–Crippen MR) is 77.5 cm³/mol. The standard InChI is InChI=1S/C17H17NO3/c1-3-20-17(19)14(11-18)16(15-5-4-10-21-15)13-8-6-12(2)7-9-13/h4-10,14,16H,3H2,1-2H3. The highest BCUT2D eigenvalue weighted by Gasteiger charge is 2.34. The maximum atomic E-state index is 12.1. The molecule has 0 bridgehead atoms. The second kappa shape index (κ2) is 6.76. The normalized spacial score (nSPS) is 13.2. The van der Waals surface area contributed by atoms with Gasteiger partial charge in [0.15, 0.2) is 5.92 Å². The van der Waals surface area contributed by atoms with Crippen molar-refractivity contribution in [1.29, 1.82) is 5.26 Å². The molecule has 2 atom stereocenters. The van der Waals surface area contributed by atoms with Gasteiger partial charge >= 0.3 is 5.97 Å². The third kappa shape index (κ3) is 3.32. The summed E-state index contributed by atoms with van der Waals surface area (Å²) < 4.78 is 10.4. The van der Waals surface area contributed by atoms with E-state index >= 15 is 0 Å². The van der Waals surface area contributed by atoms with Gasteiger partial charge in [0.2, 0.25) is 0 Å². The van der Waals surface area contributed by atoms with Crippen LogP contribution >= 0.6 is 0 Å². The van der Waals surface area contributed by atoms with E-state index in [2.05, 4.69) is 6.07 Å². The van der Waals surface area contributed by atoms with Gasteiger partial charge < -0.3 is 9.15 Å². The molecule has 4 heteroatoms. The molecule has 4 nitrogen and oxygen atoms in total. The molecule has 0 amide bonds. The molecule has 0 aliphatic carbocycles. The maximum Gasteiger partial charge on any atom is 0.324 e. The van der Waals surface area contributed by atoms with Gasteiger partial charge in [-0.05, 0) is 31.5 Å². The number of carbonyl (C=O) groups is 1. The van der Waals surface area contributed by atoms with Crippen LogP contribution in [-0.4, -0.2) is 12.6 Å². The maximum absolute atomic E-state index is 12.1. The number of nitrogens with zero attached hydrogens (tertiary/aromatic N) is 1. The molecule has 21 heavy (non-hydrogen) atoms. The summed E-state index contributed by atoms with van der Waals surface area (Å²) in [4.78, 5) is 12.1. The summed E-state index contributed by atoms with van der Waals surface area (Å²) >= 11 is 0. The minimum Gasteiger partial charge on any atom is -0.469 e. The van der Waals surface area contributed by atoms with Crippen LogP contribution in [0.4, 0.5) is 0 Å². The molecule has 108 valence electrons. The van der Waals surface area contributed by atoms with Crippen LogP contribution in [0, 0.1) is 24.2 Å². The predicted octanol–water partition coefficient (Wildman–Crippen LogP) is 3.42. The molecular weight excluding hydrogens is 266 g/mol. The van der Waals surface area contributed by atoms with Crippen molar-refractivity contribution in [3.05, 3.63) is 59.5 Å². The summed E-state index contributed by atoms with van der Waals surface area (Å²) in [5.41, 5.74) is 1.97. The molecule has 2 unspecified atom stereocenters. The van der Waals surface area contributed by atoms with Crippen LogP contribution in [0.15, 0.2) is 47.1 Å². The lowest BCUT2D eigenvalue weighted by Gasteiger charge is -2.19. The van der Waals surface area contributed by atoms with Crippen LogP contribution in [0.5, 0.6) is 0 Å². The van der Waals surface area contributed by atoms with Crippen molar-refractivity contribution in [2.24, 2.45) is 5.92 Å². The zero-order valence-electron chi connectivity index (χ0n) is 12.1. The fraction of sp³-hybridized carbons (Fsp3) is 0.294. The van der Waals surface area contributed by atoms with Crippen LogP contribution in [0.3, 0.4) is 0 Å². The summed E-state index contributed by atoms with van der Waals surface area (Å²) in [6, 6.07) is 13.3. The van der Waals surface area contributed by atoms with Crippen LogP contribution in [0.2, 0.25) is 0 Å². The van der Waals surface area contributed by atoms with Gasteiger partial charge in [0.25, 0.3) is 0 Å². The average molecular weight is 283 g/mol. The lowest BCUT2D eigenvalue weighted by atomic mass is 9.84. The third-order valence-electron chi connectivity index (χ3n) is 3.30. The van der Waals surface area contributed by atoms with Crippen LogP contribution < -0.4 is 0 Å². The van der Waals surface area contributed by atoms with Crippen molar-refractivity contribution >= 4 is 5.97 Å². The summed E-state index contributed by atoms with van der Waals surface area (Å²) in [6.45, 7) is 3.95. The van der Waals surface area contributed by atoms with Crippen molar-refractivity contribution in [2.75, 3.05) is 6.61 Å². The van der Waals surface area contributed by atoms with E-state index in [1.54, 1.807) is 19.1 Å². The first-order valence-electron chi connectivity index (χ1n) is 6.83. The summed E-state index contributed by atoms with van der Waals surface area (Å²) in [5.74, 6) is -1.34. The van der Waals surface area contributed by atoms with Gasteiger partial charge in [-0.2, -0.15) is 5.26 Å². The molecule has 0 radical (unpaired) electrons. The van der Waals surface area contributed by atoms with Crippen molar-refractivity contribution in [2.45, 2.75) is 19.8 Å². The molecule has 0 aliphatic heterocycles. The average Bonchev–Trinajstić information content (AvgIpc) is 3.00. The minimum atomic E-state index is -0.932. The first-order chi connectivity index (χ1) is 10.2. The van der Waals surface area contributed by atoms with Gasteiger partial charge in [-0.3, -0.25) is 4.79 Å². The van der Waals surface area contributed by atoms with Gasteiger partial charge in [-0.1, -0.05) is 29.8 Å². The Balaban J connectivity index is 2.43. The monoisotopic (exact) mass is 283 g/mol. The molecule has 1 aromatic heterocycles. The molecule has 0 fully saturated rings. The molecule has 2 aromatic rings. The highest BCUT2D eigenvalue weighted by Crippen LogP contribution is 2.33. The van der Waals surface area contributed by atoms with E-state index in [0.29, 0.717) is 5.76 Å². The molecule has 0 saturated carbocycles. The number of furan rings is 1. The van der Waals surface area contributed by atoms with Crippen LogP contribution in [-0.2, 0) is 9.53 Å². The number of esters is 1. The van der Waals surface area contributed by atoms with Crippen molar-refractivity contribution in [3.8, 4) is 6.07 Å². The highest BCUT2D eigenvalue weighted by molar-refractivity contribution is 5.77. The van der Waals surface area contributed by atoms with Gasteiger partial charge in [0.05, 0.1) is 24.9 Å². The van der Waals surface area contributed by atoms with Gasteiger partial charge in [0.1, 0.15) is 5.76 Å². The SMILES string of the molecule is CCOC(=O)C(C#N)C(c1ccc(C)cc1)c1ccco1. The minimum absolute atomic E-state index is 0.246. The largest absolute Gasteiger partial charge is 0.469 e. The summed E-state index contributed by atoms with van der Waals surface area (Å²) in [6.07, 6.45) is 1.54. The zero-order chi connectivity index (χ0) is 15.2. The quantitative estimate of drug-likeness (QED) is 0.789. The van der Waals surface area contributed by atoms with Crippen molar-refractivity contribution in [3.63, 3.8) is 0 Å². The first-order valence-corrected chi connectivity index (χ1v) is 6.83. The number of rotatable bonds is 5. The lowest BCUT2D eigenvalue weighted by molar-refractivity contribution is -0.146.